The quantitative estimate of drug-likeness (QED) is 0.697. The smallest absolute Gasteiger partial charge is 0.226 e. The van der Waals surface area contributed by atoms with Crippen LogP contribution in [0, 0.1) is 0 Å². The zero-order valence-corrected chi connectivity index (χ0v) is 8.04. The molecule has 1 fully saturated rings. The van der Waals surface area contributed by atoms with Gasteiger partial charge in [-0.1, -0.05) is 12.1 Å². The van der Waals surface area contributed by atoms with Crippen LogP contribution in [0.15, 0.2) is 4.52 Å². The number of hydrogen-bond acceptors (Lipinski definition) is 4. The lowest BCUT2D eigenvalue weighted by atomic mass is 10.0. The molecule has 0 radical (unpaired) electrons. The molecule has 1 aromatic rings. The first-order chi connectivity index (χ1) is 6.24. The third-order valence-electron chi connectivity index (χ3n) is 2.46. The van der Waals surface area contributed by atoms with Crippen molar-refractivity contribution in [2.75, 3.05) is 6.61 Å². The molecule has 0 saturated carbocycles. The Morgan fingerprint density at radius 2 is 2.38 bits per heavy atom. The third kappa shape index (κ3) is 1.46. The van der Waals surface area contributed by atoms with Gasteiger partial charge in [-0.3, -0.25) is 0 Å². The SMILES string of the molecule is CCc1nc(C2(C)CCCO2)no1. The molecule has 4 nitrogen and oxygen atoms in total. The molecular formula is C9H14N2O2. The van der Waals surface area contributed by atoms with Crippen molar-refractivity contribution < 1.29 is 9.26 Å². The molecule has 1 unspecified atom stereocenters. The van der Waals surface area contributed by atoms with Crippen LogP contribution in [0.25, 0.3) is 0 Å². The number of nitrogens with zero attached hydrogens (tertiary/aromatic N) is 2. The lowest BCUT2D eigenvalue weighted by molar-refractivity contribution is 0.00768. The van der Waals surface area contributed by atoms with E-state index in [1.807, 2.05) is 13.8 Å². The Labute approximate surface area is 77.3 Å². The van der Waals surface area contributed by atoms with Crippen LogP contribution in [-0.4, -0.2) is 16.7 Å². The fraction of sp³-hybridized carbons (Fsp3) is 0.778. The fourth-order valence-corrected chi connectivity index (χ4v) is 1.57. The fourth-order valence-electron chi connectivity index (χ4n) is 1.57. The third-order valence-corrected chi connectivity index (χ3v) is 2.46. The molecule has 13 heavy (non-hydrogen) atoms. The minimum atomic E-state index is -0.309. The van der Waals surface area contributed by atoms with Crippen LogP contribution >= 0.6 is 0 Å². The van der Waals surface area contributed by atoms with E-state index < -0.39 is 0 Å². The second kappa shape index (κ2) is 3.10. The highest BCUT2D eigenvalue weighted by Gasteiger charge is 2.36. The number of aryl methyl sites for hydroxylation is 1. The molecule has 4 heteroatoms. The van der Waals surface area contributed by atoms with Gasteiger partial charge >= 0.3 is 0 Å². The molecule has 2 heterocycles. The van der Waals surface area contributed by atoms with Crippen LogP contribution < -0.4 is 0 Å². The summed E-state index contributed by atoms with van der Waals surface area (Å²) in [6.07, 6.45) is 2.84. The van der Waals surface area contributed by atoms with Crippen LogP contribution in [0.5, 0.6) is 0 Å². The van der Waals surface area contributed by atoms with Crippen LogP contribution in [-0.2, 0) is 16.8 Å². The zero-order chi connectivity index (χ0) is 9.31. The van der Waals surface area contributed by atoms with Gasteiger partial charge in [-0.15, -0.1) is 0 Å². The minimum Gasteiger partial charge on any atom is -0.367 e. The molecule has 1 atom stereocenters. The highest BCUT2D eigenvalue weighted by atomic mass is 16.5. The summed E-state index contributed by atoms with van der Waals surface area (Å²) in [5.74, 6) is 1.38. The number of hydrogen-bond donors (Lipinski definition) is 0. The van der Waals surface area contributed by atoms with Crippen molar-refractivity contribution in [1.82, 2.24) is 10.1 Å². The summed E-state index contributed by atoms with van der Waals surface area (Å²) in [7, 11) is 0. The summed E-state index contributed by atoms with van der Waals surface area (Å²) in [4.78, 5) is 4.28. The number of ether oxygens (including phenoxy) is 1. The van der Waals surface area contributed by atoms with E-state index in [1.165, 1.54) is 0 Å². The molecule has 0 spiro atoms. The van der Waals surface area contributed by atoms with Gasteiger partial charge in [-0.25, -0.2) is 0 Å². The number of rotatable bonds is 2. The van der Waals surface area contributed by atoms with Gasteiger partial charge in [0.2, 0.25) is 11.7 Å². The Morgan fingerprint density at radius 3 is 2.92 bits per heavy atom. The predicted octanol–water partition coefficient (Wildman–Crippen LogP) is 1.66. The summed E-state index contributed by atoms with van der Waals surface area (Å²) >= 11 is 0. The molecule has 0 N–H and O–H groups in total. The first-order valence-corrected chi connectivity index (χ1v) is 4.71. The zero-order valence-electron chi connectivity index (χ0n) is 8.04. The highest BCUT2D eigenvalue weighted by Crippen LogP contribution is 2.33. The van der Waals surface area contributed by atoms with Gasteiger partial charge in [-0.05, 0) is 19.8 Å². The van der Waals surface area contributed by atoms with Crippen molar-refractivity contribution in [3.63, 3.8) is 0 Å². The Bertz CT molecular complexity index is 290. The van der Waals surface area contributed by atoms with Crippen molar-refractivity contribution in [2.45, 2.75) is 38.7 Å². The van der Waals surface area contributed by atoms with Crippen molar-refractivity contribution in [2.24, 2.45) is 0 Å². The predicted molar refractivity (Wildman–Crippen MR) is 46.2 cm³/mol. The second-order valence-electron chi connectivity index (χ2n) is 3.55. The largest absolute Gasteiger partial charge is 0.367 e. The molecule has 0 amide bonds. The van der Waals surface area contributed by atoms with Gasteiger partial charge in [0.05, 0.1) is 0 Å². The average Bonchev–Trinajstić information content (AvgIpc) is 2.72. The van der Waals surface area contributed by atoms with Crippen LogP contribution in [0.3, 0.4) is 0 Å². The van der Waals surface area contributed by atoms with E-state index in [1.54, 1.807) is 0 Å². The maximum atomic E-state index is 5.60. The number of aromatic nitrogens is 2. The van der Waals surface area contributed by atoms with E-state index in [0.29, 0.717) is 11.7 Å². The maximum Gasteiger partial charge on any atom is 0.226 e. The van der Waals surface area contributed by atoms with Gasteiger partial charge < -0.3 is 9.26 Å². The Balaban J connectivity index is 2.23. The molecule has 0 aromatic carbocycles. The lowest BCUT2D eigenvalue weighted by Crippen LogP contribution is -2.21. The molecule has 1 aliphatic rings. The minimum absolute atomic E-state index is 0.309. The molecule has 0 bridgehead atoms. The monoisotopic (exact) mass is 182 g/mol. The summed E-state index contributed by atoms with van der Waals surface area (Å²) in [5, 5.41) is 3.93. The second-order valence-corrected chi connectivity index (χ2v) is 3.55. The van der Waals surface area contributed by atoms with Crippen LogP contribution in [0.1, 0.15) is 38.4 Å². The van der Waals surface area contributed by atoms with E-state index in [2.05, 4.69) is 10.1 Å². The van der Waals surface area contributed by atoms with E-state index in [0.717, 1.165) is 25.9 Å². The highest BCUT2D eigenvalue weighted by molar-refractivity contribution is 5.01. The Morgan fingerprint density at radius 1 is 1.54 bits per heavy atom. The van der Waals surface area contributed by atoms with E-state index >= 15 is 0 Å². The van der Waals surface area contributed by atoms with Gasteiger partial charge in [0.15, 0.2) is 0 Å². The summed E-state index contributed by atoms with van der Waals surface area (Å²) in [6.45, 7) is 4.81. The topological polar surface area (TPSA) is 48.2 Å². The van der Waals surface area contributed by atoms with Crippen LogP contribution in [0.4, 0.5) is 0 Å². The van der Waals surface area contributed by atoms with E-state index in [-0.39, 0.29) is 5.60 Å². The van der Waals surface area contributed by atoms with Gasteiger partial charge in [0.25, 0.3) is 0 Å². The summed E-state index contributed by atoms with van der Waals surface area (Å²) in [5.41, 5.74) is -0.309. The van der Waals surface area contributed by atoms with E-state index in [4.69, 9.17) is 9.26 Å². The van der Waals surface area contributed by atoms with Crippen molar-refractivity contribution >= 4 is 0 Å². The van der Waals surface area contributed by atoms with Gasteiger partial charge in [0, 0.05) is 13.0 Å². The average molecular weight is 182 g/mol. The maximum absolute atomic E-state index is 5.60. The normalized spacial score (nSPS) is 28.2. The van der Waals surface area contributed by atoms with Crippen molar-refractivity contribution in [3.8, 4) is 0 Å². The molecular weight excluding hydrogens is 168 g/mol. The van der Waals surface area contributed by atoms with Crippen molar-refractivity contribution in [1.29, 1.82) is 0 Å². The summed E-state index contributed by atoms with van der Waals surface area (Å²) < 4.78 is 10.6. The standard InChI is InChI=1S/C9H14N2O2/c1-3-7-10-8(11-13-7)9(2)5-4-6-12-9/h3-6H2,1-2H3. The van der Waals surface area contributed by atoms with Gasteiger partial charge in [-0.2, -0.15) is 4.98 Å². The molecule has 1 aliphatic heterocycles. The van der Waals surface area contributed by atoms with Crippen LogP contribution in [0.2, 0.25) is 0 Å². The summed E-state index contributed by atoms with van der Waals surface area (Å²) in [6, 6.07) is 0. The Kier molecular flexibility index (Phi) is 2.07. The molecule has 0 aliphatic carbocycles. The Hall–Kier alpha value is -0.900. The van der Waals surface area contributed by atoms with E-state index in [9.17, 15) is 0 Å². The first kappa shape index (κ1) is 8.69. The molecule has 1 saturated heterocycles. The first-order valence-electron chi connectivity index (χ1n) is 4.71. The molecule has 72 valence electrons. The lowest BCUT2D eigenvalue weighted by Gasteiger charge is -2.17. The van der Waals surface area contributed by atoms with Crippen molar-refractivity contribution in [3.05, 3.63) is 11.7 Å². The van der Waals surface area contributed by atoms with Gasteiger partial charge in [0.1, 0.15) is 5.60 Å². The molecule has 1 aromatic heterocycles. The molecule has 2 rings (SSSR count).